The predicted octanol–water partition coefficient (Wildman–Crippen LogP) is 0.154. The lowest BCUT2D eigenvalue weighted by molar-refractivity contribution is -0.122. The fraction of sp³-hybridized carbons (Fsp3) is 0.273. The Bertz CT molecular complexity index is 431. The SMILES string of the molecule is NC(=O)COCCNC(=O)c1c(N)cccc1Cl. The summed E-state index contributed by atoms with van der Waals surface area (Å²) in [6, 6.07) is 4.82. The summed E-state index contributed by atoms with van der Waals surface area (Å²) in [6.07, 6.45) is 0. The second-order valence-electron chi connectivity index (χ2n) is 3.48. The molecule has 0 aliphatic carbocycles. The molecule has 0 fully saturated rings. The molecule has 5 N–H and O–H groups in total. The van der Waals surface area contributed by atoms with Crippen LogP contribution in [0.25, 0.3) is 0 Å². The second-order valence-corrected chi connectivity index (χ2v) is 3.89. The van der Waals surface area contributed by atoms with Gasteiger partial charge < -0.3 is 21.5 Å². The molecule has 0 aromatic heterocycles. The summed E-state index contributed by atoms with van der Waals surface area (Å²) >= 11 is 5.87. The molecule has 0 radical (unpaired) electrons. The Morgan fingerprint density at radius 3 is 2.72 bits per heavy atom. The molecule has 0 heterocycles. The first-order chi connectivity index (χ1) is 8.52. The smallest absolute Gasteiger partial charge is 0.254 e. The molecule has 1 aromatic rings. The minimum absolute atomic E-state index is 0.176. The Morgan fingerprint density at radius 1 is 1.39 bits per heavy atom. The van der Waals surface area contributed by atoms with Gasteiger partial charge in [0.2, 0.25) is 5.91 Å². The van der Waals surface area contributed by atoms with Crippen LogP contribution in [0.1, 0.15) is 10.4 Å². The summed E-state index contributed by atoms with van der Waals surface area (Å²) in [5, 5.41) is 2.86. The zero-order chi connectivity index (χ0) is 13.5. The van der Waals surface area contributed by atoms with Crippen LogP contribution >= 0.6 is 11.6 Å². The molecule has 18 heavy (non-hydrogen) atoms. The van der Waals surface area contributed by atoms with E-state index in [-0.39, 0.29) is 36.3 Å². The number of nitrogen functional groups attached to an aromatic ring is 1. The van der Waals surface area contributed by atoms with Crippen molar-refractivity contribution in [2.75, 3.05) is 25.5 Å². The monoisotopic (exact) mass is 271 g/mol. The lowest BCUT2D eigenvalue weighted by Gasteiger charge is -2.09. The van der Waals surface area contributed by atoms with Gasteiger partial charge in [0, 0.05) is 12.2 Å². The molecule has 0 bridgehead atoms. The molecule has 6 nitrogen and oxygen atoms in total. The molecule has 0 aliphatic rings. The molecule has 0 atom stereocenters. The van der Waals surface area contributed by atoms with Crippen molar-refractivity contribution in [2.24, 2.45) is 5.73 Å². The average Bonchev–Trinajstić information content (AvgIpc) is 2.27. The molecule has 1 aromatic carbocycles. The molecule has 0 saturated carbocycles. The number of halogens is 1. The van der Waals surface area contributed by atoms with Crippen molar-refractivity contribution in [2.45, 2.75) is 0 Å². The number of benzene rings is 1. The number of primary amides is 1. The van der Waals surface area contributed by atoms with Crippen LogP contribution in [0, 0.1) is 0 Å². The molecule has 0 spiro atoms. The van der Waals surface area contributed by atoms with E-state index in [9.17, 15) is 9.59 Å². The van der Waals surface area contributed by atoms with Crippen molar-refractivity contribution in [1.82, 2.24) is 5.32 Å². The molecule has 7 heteroatoms. The maximum atomic E-state index is 11.8. The van der Waals surface area contributed by atoms with Crippen molar-refractivity contribution in [3.05, 3.63) is 28.8 Å². The Hall–Kier alpha value is -1.79. The van der Waals surface area contributed by atoms with Crippen molar-refractivity contribution in [3.63, 3.8) is 0 Å². The van der Waals surface area contributed by atoms with Crippen molar-refractivity contribution in [3.8, 4) is 0 Å². The zero-order valence-corrected chi connectivity index (χ0v) is 10.4. The fourth-order valence-electron chi connectivity index (χ4n) is 1.28. The molecular weight excluding hydrogens is 258 g/mol. The highest BCUT2D eigenvalue weighted by atomic mass is 35.5. The largest absolute Gasteiger partial charge is 0.398 e. The molecule has 0 saturated heterocycles. The normalized spacial score (nSPS) is 10.1. The minimum atomic E-state index is -0.559. The zero-order valence-electron chi connectivity index (χ0n) is 9.61. The summed E-state index contributed by atoms with van der Waals surface area (Å²) in [5.74, 6) is -0.947. The lowest BCUT2D eigenvalue weighted by atomic mass is 10.1. The Balaban J connectivity index is 2.44. The quantitative estimate of drug-likeness (QED) is 0.506. The van der Waals surface area contributed by atoms with Crippen LogP contribution in [0.5, 0.6) is 0 Å². The van der Waals surface area contributed by atoms with Gasteiger partial charge in [0.1, 0.15) is 6.61 Å². The minimum Gasteiger partial charge on any atom is -0.398 e. The first kappa shape index (κ1) is 14.3. The van der Waals surface area contributed by atoms with Crippen LogP contribution in [0.3, 0.4) is 0 Å². The molecule has 2 amide bonds. The fourth-order valence-corrected chi connectivity index (χ4v) is 1.55. The van der Waals surface area contributed by atoms with Crippen LogP contribution in [0.15, 0.2) is 18.2 Å². The highest BCUT2D eigenvalue weighted by molar-refractivity contribution is 6.34. The molecule has 0 aliphatic heterocycles. The lowest BCUT2D eigenvalue weighted by Crippen LogP contribution is -2.29. The Labute approximate surface area is 109 Å². The topological polar surface area (TPSA) is 107 Å². The highest BCUT2D eigenvalue weighted by Crippen LogP contribution is 2.21. The van der Waals surface area contributed by atoms with E-state index in [1.165, 1.54) is 0 Å². The Kier molecular flexibility index (Phi) is 5.41. The number of rotatable bonds is 6. The third kappa shape index (κ3) is 4.23. The number of nitrogens with one attached hydrogen (secondary N) is 1. The van der Waals surface area contributed by atoms with Crippen LogP contribution in [0.4, 0.5) is 5.69 Å². The number of anilines is 1. The summed E-state index contributed by atoms with van der Waals surface area (Å²) in [5.41, 5.74) is 11.1. The third-order valence-electron chi connectivity index (χ3n) is 2.05. The number of carbonyl (C=O) groups excluding carboxylic acids is 2. The second kappa shape index (κ2) is 6.83. The number of hydrogen-bond acceptors (Lipinski definition) is 4. The van der Waals surface area contributed by atoms with E-state index in [0.717, 1.165) is 0 Å². The van der Waals surface area contributed by atoms with Gasteiger partial charge in [0.15, 0.2) is 0 Å². The van der Waals surface area contributed by atoms with Crippen LogP contribution in [-0.4, -0.2) is 31.6 Å². The van der Waals surface area contributed by atoms with Gasteiger partial charge in [-0.05, 0) is 12.1 Å². The predicted molar refractivity (Wildman–Crippen MR) is 68.2 cm³/mol. The van der Waals surface area contributed by atoms with Gasteiger partial charge in [0.25, 0.3) is 5.91 Å². The molecular formula is C11H14ClN3O3. The number of amides is 2. The summed E-state index contributed by atoms with van der Waals surface area (Å²) in [6.45, 7) is 0.236. The molecule has 1 rings (SSSR count). The first-order valence-corrected chi connectivity index (χ1v) is 5.58. The van der Waals surface area contributed by atoms with Crippen LogP contribution in [-0.2, 0) is 9.53 Å². The van der Waals surface area contributed by atoms with Crippen molar-refractivity contribution < 1.29 is 14.3 Å². The van der Waals surface area contributed by atoms with E-state index in [2.05, 4.69) is 5.32 Å². The summed E-state index contributed by atoms with van der Waals surface area (Å²) in [4.78, 5) is 22.1. The van der Waals surface area contributed by atoms with E-state index in [1.807, 2.05) is 0 Å². The van der Waals surface area contributed by atoms with E-state index in [1.54, 1.807) is 18.2 Å². The average molecular weight is 272 g/mol. The van der Waals surface area contributed by atoms with Crippen LogP contribution < -0.4 is 16.8 Å². The Morgan fingerprint density at radius 2 is 2.11 bits per heavy atom. The van der Waals surface area contributed by atoms with E-state index in [4.69, 9.17) is 27.8 Å². The van der Waals surface area contributed by atoms with Gasteiger partial charge in [-0.15, -0.1) is 0 Å². The van der Waals surface area contributed by atoms with Gasteiger partial charge >= 0.3 is 0 Å². The summed E-state index contributed by atoms with van der Waals surface area (Å²) < 4.78 is 4.89. The van der Waals surface area contributed by atoms with E-state index in [0.29, 0.717) is 5.69 Å². The van der Waals surface area contributed by atoms with Gasteiger partial charge in [0.05, 0.1) is 17.2 Å². The maximum absolute atomic E-state index is 11.8. The van der Waals surface area contributed by atoms with Gasteiger partial charge in [-0.2, -0.15) is 0 Å². The number of nitrogens with two attached hydrogens (primary N) is 2. The first-order valence-electron chi connectivity index (χ1n) is 5.20. The van der Waals surface area contributed by atoms with Gasteiger partial charge in [-0.3, -0.25) is 9.59 Å². The van der Waals surface area contributed by atoms with Crippen LogP contribution in [0.2, 0.25) is 5.02 Å². The molecule has 98 valence electrons. The van der Waals surface area contributed by atoms with Crippen molar-refractivity contribution >= 4 is 29.1 Å². The highest BCUT2D eigenvalue weighted by Gasteiger charge is 2.12. The van der Waals surface area contributed by atoms with E-state index >= 15 is 0 Å². The van der Waals surface area contributed by atoms with Crippen molar-refractivity contribution in [1.29, 1.82) is 0 Å². The number of ether oxygens (including phenoxy) is 1. The number of carbonyl (C=O) groups is 2. The molecule has 0 unspecified atom stereocenters. The standard InChI is InChI=1S/C11H14ClN3O3/c12-7-2-1-3-8(13)10(7)11(17)15-4-5-18-6-9(14)16/h1-3H,4-6,13H2,(H2,14,16)(H,15,17). The summed E-state index contributed by atoms with van der Waals surface area (Å²) in [7, 11) is 0. The third-order valence-corrected chi connectivity index (χ3v) is 2.36. The van der Waals surface area contributed by atoms with Gasteiger partial charge in [-0.1, -0.05) is 17.7 Å². The maximum Gasteiger partial charge on any atom is 0.254 e. The van der Waals surface area contributed by atoms with E-state index < -0.39 is 5.91 Å². The van der Waals surface area contributed by atoms with Gasteiger partial charge in [-0.25, -0.2) is 0 Å². The number of hydrogen-bond donors (Lipinski definition) is 3.